The largest absolute Gasteiger partial charge is 0.495 e. The van der Waals surface area contributed by atoms with Gasteiger partial charge in [-0.3, -0.25) is 0 Å². The Balaban J connectivity index is 1.49. The van der Waals surface area contributed by atoms with Crippen molar-refractivity contribution in [2.24, 2.45) is 17.8 Å². The summed E-state index contributed by atoms with van der Waals surface area (Å²) in [6.07, 6.45) is 7.53. The molecule has 4 aliphatic rings. The minimum absolute atomic E-state index is 0.00748. The van der Waals surface area contributed by atoms with E-state index < -0.39 is 0 Å². The monoisotopic (exact) mass is 348 g/mol. The van der Waals surface area contributed by atoms with Crippen molar-refractivity contribution >= 4 is 23.3 Å². The molecule has 4 saturated carbocycles. The number of aryl methyl sites for hydroxylation is 1. The summed E-state index contributed by atoms with van der Waals surface area (Å²) < 4.78 is 5.35. The van der Waals surface area contributed by atoms with Crippen molar-refractivity contribution in [3.8, 4) is 5.75 Å². The first-order valence-corrected chi connectivity index (χ1v) is 9.27. The van der Waals surface area contributed by atoms with Crippen LogP contribution in [0.15, 0.2) is 12.1 Å². The second kappa shape index (κ2) is 5.83. The summed E-state index contributed by atoms with van der Waals surface area (Å²) in [5.41, 5.74) is 1.59. The predicted octanol–water partition coefficient (Wildman–Crippen LogP) is 4.75. The zero-order valence-corrected chi connectivity index (χ0v) is 15.1. The minimum Gasteiger partial charge on any atom is -0.495 e. The fourth-order valence-corrected chi connectivity index (χ4v) is 5.74. The summed E-state index contributed by atoms with van der Waals surface area (Å²) >= 11 is 6.14. The minimum atomic E-state index is -0.128. The van der Waals surface area contributed by atoms with Gasteiger partial charge in [-0.15, -0.1) is 0 Å². The van der Waals surface area contributed by atoms with E-state index in [1.54, 1.807) is 13.2 Å². The maximum absolute atomic E-state index is 12.7. The molecule has 2 amide bonds. The molecule has 5 heteroatoms. The number of nitrogens with one attached hydrogen (secondary N) is 2. The van der Waals surface area contributed by atoms with Crippen LogP contribution in [-0.2, 0) is 0 Å². The van der Waals surface area contributed by atoms with E-state index in [4.69, 9.17) is 16.3 Å². The number of rotatable bonds is 3. The van der Waals surface area contributed by atoms with Crippen LogP contribution in [0.4, 0.5) is 10.5 Å². The van der Waals surface area contributed by atoms with Crippen molar-refractivity contribution in [1.29, 1.82) is 0 Å². The number of anilines is 1. The van der Waals surface area contributed by atoms with E-state index >= 15 is 0 Å². The maximum atomic E-state index is 12.7. The molecule has 0 radical (unpaired) electrons. The van der Waals surface area contributed by atoms with E-state index in [0.717, 1.165) is 42.6 Å². The molecule has 2 N–H and O–H groups in total. The molecule has 4 bridgehead atoms. The van der Waals surface area contributed by atoms with Gasteiger partial charge in [0.25, 0.3) is 0 Å². The molecule has 130 valence electrons. The first-order valence-electron chi connectivity index (χ1n) is 8.90. The number of carbonyl (C=O) groups excluding carboxylic acids is 1. The predicted molar refractivity (Wildman–Crippen MR) is 95.8 cm³/mol. The molecule has 4 aliphatic carbocycles. The average Bonchev–Trinajstić information content (AvgIpc) is 2.48. The normalized spacial score (nSPS) is 33.4. The van der Waals surface area contributed by atoms with E-state index in [0.29, 0.717) is 16.5 Å². The van der Waals surface area contributed by atoms with Crippen molar-refractivity contribution in [3.05, 3.63) is 22.7 Å². The topological polar surface area (TPSA) is 50.4 Å². The first-order chi connectivity index (χ1) is 11.5. The Morgan fingerprint density at radius 2 is 1.75 bits per heavy atom. The van der Waals surface area contributed by atoms with Gasteiger partial charge in [-0.2, -0.15) is 0 Å². The second-order valence-corrected chi connectivity index (χ2v) is 8.49. The Labute approximate surface area is 148 Å². The van der Waals surface area contributed by atoms with E-state index in [-0.39, 0.29) is 11.6 Å². The van der Waals surface area contributed by atoms with Crippen molar-refractivity contribution in [2.75, 3.05) is 12.4 Å². The number of carbonyl (C=O) groups is 1. The summed E-state index contributed by atoms with van der Waals surface area (Å²) in [5, 5.41) is 6.93. The maximum Gasteiger partial charge on any atom is 0.319 e. The number of methoxy groups -OCH3 is 1. The molecule has 0 aromatic heterocycles. The molecular weight excluding hydrogens is 324 g/mol. The lowest BCUT2D eigenvalue weighted by Crippen LogP contribution is -2.60. The van der Waals surface area contributed by atoms with Gasteiger partial charge in [0.1, 0.15) is 5.75 Å². The third kappa shape index (κ3) is 2.85. The third-order valence-corrected chi connectivity index (χ3v) is 6.55. The molecule has 0 atom stereocenters. The van der Waals surface area contributed by atoms with E-state index in [1.807, 2.05) is 13.0 Å². The molecule has 4 fully saturated rings. The lowest BCUT2D eigenvalue weighted by molar-refractivity contribution is -0.0127. The summed E-state index contributed by atoms with van der Waals surface area (Å²) in [4.78, 5) is 12.7. The highest BCUT2D eigenvalue weighted by Gasteiger charge is 2.51. The lowest BCUT2D eigenvalue weighted by atomic mass is 9.53. The Bertz CT molecular complexity index is 638. The number of hydrogen-bond donors (Lipinski definition) is 2. The van der Waals surface area contributed by atoms with Gasteiger partial charge in [0, 0.05) is 16.6 Å². The summed E-state index contributed by atoms with van der Waals surface area (Å²) in [6.45, 7) is 1.92. The van der Waals surface area contributed by atoms with Crippen LogP contribution in [0, 0.1) is 24.7 Å². The van der Waals surface area contributed by atoms with E-state index in [9.17, 15) is 4.79 Å². The van der Waals surface area contributed by atoms with Gasteiger partial charge >= 0.3 is 6.03 Å². The highest BCUT2D eigenvalue weighted by molar-refractivity contribution is 6.31. The Hall–Kier alpha value is -1.42. The number of hydrogen-bond acceptors (Lipinski definition) is 2. The van der Waals surface area contributed by atoms with Gasteiger partial charge < -0.3 is 15.4 Å². The van der Waals surface area contributed by atoms with Crippen LogP contribution < -0.4 is 15.4 Å². The Morgan fingerprint density at radius 1 is 1.17 bits per heavy atom. The van der Waals surface area contributed by atoms with Crippen LogP contribution in [0.25, 0.3) is 0 Å². The van der Waals surface area contributed by atoms with E-state index in [2.05, 4.69) is 10.6 Å². The molecule has 0 saturated heterocycles. The molecule has 0 spiro atoms. The van der Waals surface area contributed by atoms with Crippen molar-refractivity contribution in [2.45, 2.75) is 51.0 Å². The molecule has 4 nitrogen and oxygen atoms in total. The zero-order valence-electron chi connectivity index (χ0n) is 14.3. The molecule has 0 aliphatic heterocycles. The van der Waals surface area contributed by atoms with Crippen LogP contribution in [0.3, 0.4) is 0 Å². The average molecular weight is 349 g/mol. The van der Waals surface area contributed by atoms with Gasteiger partial charge in [-0.05, 0) is 74.8 Å². The number of ether oxygens (including phenoxy) is 1. The highest BCUT2D eigenvalue weighted by Crippen LogP contribution is 2.55. The molecule has 5 rings (SSSR count). The molecule has 24 heavy (non-hydrogen) atoms. The van der Waals surface area contributed by atoms with Crippen LogP contribution in [0.1, 0.15) is 44.1 Å². The van der Waals surface area contributed by atoms with Crippen LogP contribution >= 0.6 is 11.6 Å². The zero-order chi connectivity index (χ0) is 16.9. The molecule has 1 aromatic rings. The number of urea groups is 1. The fraction of sp³-hybridized carbons (Fsp3) is 0.632. The van der Waals surface area contributed by atoms with Gasteiger partial charge in [-0.1, -0.05) is 11.6 Å². The van der Waals surface area contributed by atoms with Gasteiger partial charge in [0.05, 0.1) is 12.8 Å². The SMILES string of the molecule is COc1cc(Cl)c(C)cc1NC(=O)NC12CC3CC(CC(C3)C1)C2. The van der Waals surface area contributed by atoms with Crippen molar-refractivity contribution in [1.82, 2.24) is 5.32 Å². The Kier molecular flexibility index (Phi) is 3.91. The lowest BCUT2D eigenvalue weighted by Gasteiger charge is -2.56. The van der Waals surface area contributed by atoms with Crippen LogP contribution in [0.2, 0.25) is 5.02 Å². The van der Waals surface area contributed by atoms with E-state index in [1.165, 1.54) is 19.3 Å². The molecule has 0 unspecified atom stereocenters. The summed E-state index contributed by atoms with van der Waals surface area (Å²) in [7, 11) is 1.59. The quantitative estimate of drug-likeness (QED) is 0.828. The second-order valence-electron chi connectivity index (χ2n) is 8.08. The van der Waals surface area contributed by atoms with Crippen LogP contribution in [0.5, 0.6) is 5.75 Å². The molecular formula is C19H25ClN2O2. The molecule has 0 heterocycles. The standard InChI is InChI=1S/C19H25ClN2O2/c1-11-3-16(17(24-2)7-15(11)20)21-18(23)22-19-8-12-4-13(9-19)6-14(5-12)10-19/h3,7,12-14H,4-6,8-10H2,1-2H3,(H2,21,22,23). The molecule has 1 aromatic carbocycles. The number of benzene rings is 1. The van der Waals surface area contributed by atoms with Gasteiger partial charge in [-0.25, -0.2) is 4.79 Å². The van der Waals surface area contributed by atoms with Crippen LogP contribution in [-0.4, -0.2) is 18.7 Å². The van der Waals surface area contributed by atoms with Crippen molar-refractivity contribution < 1.29 is 9.53 Å². The van der Waals surface area contributed by atoms with Gasteiger partial charge in [0.2, 0.25) is 0 Å². The summed E-state index contributed by atoms with van der Waals surface area (Å²) in [5.74, 6) is 3.02. The van der Waals surface area contributed by atoms with Crippen molar-refractivity contribution in [3.63, 3.8) is 0 Å². The highest BCUT2D eigenvalue weighted by atomic mass is 35.5. The fourth-order valence-electron chi connectivity index (χ4n) is 5.59. The number of halogens is 1. The smallest absolute Gasteiger partial charge is 0.319 e. The first kappa shape index (κ1) is 16.1. The number of amides is 2. The summed E-state index contributed by atoms with van der Waals surface area (Å²) in [6, 6.07) is 3.48. The third-order valence-electron chi connectivity index (χ3n) is 6.15. The Morgan fingerprint density at radius 3 is 2.29 bits per heavy atom. The van der Waals surface area contributed by atoms with Gasteiger partial charge in [0.15, 0.2) is 0 Å².